The smallest absolute Gasteiger partial charge is 0.306 e. The van der Waals surface area contributed by atoms with Gasteiger partial charge >= 0.3 is 5.97 Å². The molecule has 1 amide bonds. The van der Waals surface area contributed by atoms with Gasteiger partial charge < -0.3 is 10.1 Å². The number of hydrogen-bond acceptors (Lipinski definition) is 5. The molecule has 8 heteroatoms. The van der Waals surface area contributed by atoms with Gasteiger partial charge in [-0.1, -0.05) is 45.2 Å². The number of benzene rings is 1. The maximum absolute atomic E-state index is 12.5. The van der Waals surface area contributed by atoms with Crippen LogP contribution in [-0.2, 0) is 30.8 Å². The van der Waals surface area contributed by atoms with E-state index in [0.717, 1.165) is 31.2 Å². The molecule has 0 radical (unpaired) electrons. The van der Waals surface area contributed by atoms with Gasteiger partial charge in [0, 0.05) is 25.6 Å². The highest BCUT2D eigenvalue weighted by atomic mass is 32.2. The second-order valence-corrected chi connectivity index (χ2v) is 9.65. The van der Waals surface area contributed by atoms with E-state index in [2.05, 4.69) is 5.32 Å². The van der Waals surface area contributed by atoms with E-state index in [9.17, 15) is 18.0 Å². The van der Waals surface area contributed by atoms with E-state index in [1.807, 2.05) is 0 Å². The zero-order chi connectivity index (χ0) is 22.1. The normalized spacial score (nSPS) is 16.3. The minimum Gasteiger partial charge on any atom is -0.453 e. The van der Waals surface area contributed by atoms with E-state index in [0.29, 0.717) is 19.5 Å². The second kappa shape index (κ2) is 11.5. The monoisotopic (exact) mass is 438 g/mol. The molecule has 1 fully saturated rings. The van der Waals surface area contributed by atoms with Crippen molar-refractivity contribution in [1.82, 2.24) is 9.62 Å². The lowest BCUT2D eigenvalue weighted by molar-refractivity contribution is -0.155. The maximum Gasteiger partial charge on any atom is 0.306 e. The number of hydrogen-bond donors (Lipinski definition) is 1. The molecule has 0 heterocycles. The first-order valence-electron chi connectivity index (χ1n) is 10.9. The molecule has 1 N–H and O–H groups in total. The summed E-state index contributed by atoms with van der Waals surface area (Å²) in [6, 6.07) is 6.73. The molecule has 0 saturated heterocycles. The van der Waals surface area contributed by atoms with Crippen LogP contribution >= 0.6 is 0 Å². The fourth-order valence-electron chi connectivity index (χ4n) is 3.66. The van der Waals surface area contributed by atoms with Gasteiger partial charge in [-0.2, -0.15) is 4.31 Å². The molecule has 0 bridgehead atoms. The summed E-state index contributed by atoms with van der Waals surface area (Å²) < 4.78 is 31.7. The lowest BCUT2D eigenvalue weighted by atomic mass is 9.95. The van der Waals surface area contributed by atoms with Gasteiger partial charge in [-0.25, -0.2) is 8.42 Å². The molecule has 1 aromatic rings. The van der Waals surface area contributed by atoms with E-state index in [-0.39, 0.29) is 23.3 Å². The summed E-state index contributed by atoms with van der Waals surface area (Å²) in [5, 5.41) is 2.96. The van der Waals surface area contributed by atoms with E-state index in [4.69, 9.17) is 4.74 Å². The zero-order valence-corrected chi connectivity index (χ0v) is 19.0. The van der Waals surface area contributed by atoms with Crippen molar-refractivity contribution in [1.29, 1.82) is 0 Å². The van der Waals surface area contributed by atoms with Crippen LogP contribution < -0.4 is 5.32 Å². The number of nitrogens with zero attached hydrogens (tertiary/aromatic N) is 1. The number of sulfonamides is 1. The molecule has 0 spiro atoms. The van der Waals surface area contributed by atoms with Crippen LogP contribution in [0.5, 0.6) is 0 Å². The summed E-state index contributed by atoms with van der Waals surface area (Å²) >= 11 is 0. The van der Waals surface area contributed by atoms with Crippen LogP contribution in [0.25, 0.3) is 0 Å². The number of amides is 1. The topological polar surface area (TPSA) is 92.8 Å². The van der Waals surface area contributed by atoms with Crippen LogP contribution in [-0.4, -0.2) is 49.8 Å². The Morgan fingerprint density at radius 1 is 1.10 bits per heavy atom. The van der Waals surface area contributed by atoms with Gasteiger partial charge in [-0.15, -0.1) is 0 Å². The Bertz CT molecular complexity index is 797. The predicted molar refractivity (Wildman–Crippen MR) is 115 cm³/mol. The third kappa shape index (κ3) is 6.80. The SMILES string of the molecule is CCN(CC)S(=O)(=O)c1ccc(CCC(=O)OC(C)C(=O)NC2CCCCC2)cc1. The van der Waals surface area contributed by atoms with Gasteiger partial charge in [0.2, 0.25) is 10.0 Å². The summed E-state index contributed by atoms with van der Waals surface area (Å²) in [5.74, 6) is -0.692. The first kappa shape index (κ1) is 24.3. The van der Waals surface area contributed by atoms with Crippen LogP contribution in [0.4, 0.5) is 0 Å². The van der Waals surface area contributed by atoms with Crippen molar-refractivity contribution >= 4 is 21.9 Å². The molecular weight excluding hydrogens is 404 g/mol. The van der Waals surface area contributed by atoms with E-state index >= 15 is 0 Å². The molecule has 1 aliphatic rings. The van der Waals surface area contributed by atoms with Crippen LogP contribution in [0.3, 0.4) is 0 Å². The number of carbonyl (C=O) groups excluding carboxylic acids is 2. The molecule has 7 nitrogen and oxygen atoms in total. The Balaban J connectivity index is 1.82. The van der Waals surface area contributed by atoms with Gasteiger partial charge in [-0.05, 0) is 43.9 Å². The predicted octanol–water partition coefficient (Wildman–Crippen LogP) is 3.03. The van der Waals surface area contributed by atoms with Crippen molar-refractivity contribution in [3.05, 3.63) is 29.8 Å². The summed E-state index contributed by atoms with van der Waals surface area (Å²) in [6.45, 7) is 6.02. The number of rotatable bonds is 10. The lowest BCUT2D eigenvalue weighted by Gasteiger charge is -2.24. The number of aryl methyl sites for hydroxylation is 1. The fraction of sp³-hybridized carbons (Fsp3) is 0.636. The highest BCUT2D eigenvalue weighted by molar-refractivity contribution is 7.89. The third-order valence-corrected chi connectivity index (χ3v) is 7.58. The first-order valence-corrected chi connectivity index (χ1v) is 12.3. The Kier molecular flexibility index (Phi) is 9.30. The Morgan fingerprint density at radius 3 is 2.27 bits per heavy atom. The minimum absolute atomic E-state index is 0.128. The standard InChI is InChI=1S/C22H34N2O5S/c1-4-24(5-2)30(27,28)20-14-11-18(12-15-20)13-16-21(25)29-17(3)22(26)23-19-9-7-6-8-10-19/h11-12,14-15,17,19H,4-10,13,16H2,1-3H3,(H,23,26). The van der Waals surface area contributed by atoms with E-state index < -0.39 is 22.1 Å². The van der Waals surface area contributed by atoms with Gasteiger partial charge in [0.1, 0.15) is 0 Å². The average Bonchev–Trinajstić information content (AvgIpc) is 2.74. The quantitative estimate of drug-likeness (QED) is 0.567. The second-order valence-electron chi connectivity index (χ2n) is 7.71. The number of nitrogens with one attached hydrogen (secondary N) is 1. The highest BCUT2D eigenvalue weighted by Crippen LogP contribution is 2.18. The zero-order valence-electron chi connectivity index (χ0n) is 18.2. The Labute approximate surface area is 180 Å². The van der Waals surface area contributed by atoms with Crippen LogP contribution in [0, 0.1) is 0 Å². The van der Waals surface area contributed by atoms with Gasteiger partial charge in [0.25, 0.3) is 5.91 Å². The van der Waals surface area contributed by atoms with Gasteiger partial charge in [0.15, 0.2) is 6.10 Å². The molecule has 0 aliphatic heterocycles. The minimum atomic E-state index is -3.49. The van der Waals surface area contributed by atoms with Crippen molar-refractivity contribution in [3.8, 4) is 0 Å². The molecule has 2 rings (SSSR count). The van der Waals surface area contributed by atoms with Gasteiger partial charge in [-0.3, -0.25) is 9.59 Å². The molecular formula is C22H34N2O5S. The maximum atomic E-state index is 12.5. The summed E-state index contributed by atoms with van der Waals surface area (Å²) in [7, 11) is -3.49. The van der Waals surface area contributed by atoms with Crippen molar-refractivity contribution in [2.75, 3.05) is 13.1 Å². The summed E-state index contributed by atoms with van der Waals surface area (Å²) in [5.41, 5.74) is 0.838. The number of carbonyl (C=O) groups is 2. The number of ether oxygens (including phenoxy) is 1. The summed E-state index contributed by atoms with van der Waals surface area (Å²) in [4.78, 5) is 24.6. The Morgan fingerprint density at radius 2 is 1.70 bits per heavy atom. The Hall–Kier alpha value is -1.93. The molecule has 1 atom stereocenters. The molecule has 30 heavy (non-hydrogen) atoms. The van der Waals surface area contributed by atoms with E-state index in [1.165, 1.54) is 10.7 Å². The largest absolute Gasteiger partial charge is 0.453 e. The molecule has 1 saturated carbocycles. The van der Waals surface area contributed by atoms with Crippen molar-refractivity contribution < 1.29 is 22.7 Å². The molecule has 1 unspecified atom stereocenters. The van der Waals surface area contributed by atoms with Crippen LogP contribution in [0.15, 0.2) is 29.2 Å². The highest BCUT2D eigenvalue weighted by Gasteiger charge is 2.23. The fourth-order valence-corrected chi connectivity index (χ4v) is 5.12. The van der Waals surface area contributed by atoms with Gasteiger partial charge in [0.05, 0.1) is 4.90 Å². The van der Waals surface area contributed by atoms with Crippen LogP contribution in [0.1, 0.15) is 64.9 Å². The molecule has 1 aliphatic carbocycles. The number of esters is 1. The molecule has 0 aromatic heterocycles. The van der Waals surface area contributed by atoms with Crippen LogP contribution in [0.2, 0.25) is 0 Å². The lowest BCUT2D eigenvalue weighted by Crippen LogP contribution is -2.42. The first-order chi connectivity index (χ1) is 14.3. The van der Waals surface area contributed by atoms with Crippen molar-refractivity contribution in [2.24, 2.45) is 0 Å². The van der Waals surface area contributed by atoms with E-state index in [1.54, 1.807) is 45.0 Å². The van der Waals surface area contributed by atoms with Crippen molar-refractivity contribution in [3.63, 3.8) is 0 Å². The average molecular weight is 439 g/mol. The van der Waals surface area contributed by atoms with Crippen molar-refractivity contribution in [2.45, 2.75) is 82.8 Å². The molecule has 168 valence electrons. The molecule has 1 aromatic carbocycles. The third-order valence-electron chi connectivity index (χ3n) is 5.51. The summed E-state index contributed by atoms with van der Waals surface area (Å²) in [6.07, 6.45) is 5.13.